The van der Waals surface area contributed by atoms with Crippen molar-refractivity contribution in [2.24, 2.45) is 0 Å². The highest BCUT2D eigenvalue weighted by Gasteiger charge is 1.91. The standard InChI is InChI=1S/C5H3Cl2N2.CH3/c6-3-1-9-2-4(7)5(3)8;/h1-2H,(H-,8,9);1H3/q-1;+1. The maximum Gasteiger partial charge on any atom is 0.0467 e. The van der Waals surface area contributed by atoms with Crippen molar-refractivity contribution >= 4 is 28.9 Å². The molecule has 1 aromatic rings. The molecule has 10 heavy (non-hydrogen) atoms. The van der Waals surface area contributed by atoms with Crippen LogP contribution in [0.1, 0.15) is 0 Å². The third-order valence-corrected chi connectivity index (χ3v) is 1.43. The molecule has 1 heterocycles. The minimum absolute atomic E-state index is 0. The molecule has 0 aliphatic heterocycles. The SMILES string of the molecule is [CH3+].[NH-]c1c(Cl)cncc1Cl. The summed E-state index contributed by atoms with van der Waals surface area (Å²) < 4.78 is 0. The van der Waals surface area contributed by atoms with Gasteiger partial charge in [-0.15, -0.1) is 5.69 Å². The smallest absolute Gasteiger partial charge is 0.0467 e. The van der Waals surface area contributed by atoms with Crippen LogP contribution in [-0.4, -0.2) is 4.98 Å². The van der Waals surface area contributed by atoms with Gasteiger partial charge in [-0.25, -0.2) is 0 Å². The van der Waals surface area contributed by atoms with Crippen LogP contribution in [0.3, 0.4) is 0 Å². The maximum atomic E-state index is 7.14. The molecule has 0 saturated carbocycles. The molecule has 0 radical (unpaired) electrons. The molecule has 0 aliphatic carbocycles. The Morgan fingerprint density at radius 3 is 1.90 bits per heavy atom. The minimum Gasteiger partial charge on any atom is -0.696 e. The van der Waals surface area contributed by atoms with Crippen LogP contribution >= 0.6 is 23.2 Å². The van der Waals surface area contributed by atoms with E-state index in [1.807, 2.05) is 0 Å². The average molecular weight is 177 g/mol. The van der Waals surface area contributed by atoms with E-state index in [9.17, 15) is 0 Å². The molecule has 0 atom stereocenters. The highest BCUT2D eigenvalue weighted by molar-refractivity contribution is 6.38. The first-order chi connectivity index (χ1) is 4.22. The number of nitrogens with one attached hydrogen (secondary N) is 1. The van der Waals surface area contributed by atoms with Gasteiger partial charge in [0.25, 0.3) is 0 Å². The van der Waals surface area contributed by atoms with Crippen molar-refractivity contribution in [3.05, 3.63) is 35.6 Å². The summed E-state index contributed by atoms with van der Waals surface area (Å²) in [6, 6.07) is 0. The van der Waals surface area contributed by atoms with Crippen LogP contribution in [0.15, 0.2) is 12.4 Å². The first kappa shape index (κ1) is 9.40. The summed E-state index contributed by atoms with van der Waals surface area (Å²) in [6.07, 6.45) is 2.77. The summed E-state index contributed by atoms with van der Waals surface area (Å²) in [5.41, 5.74) is 7.27. The monoisotopic (exact) mass is 176 g/mol. The highest BCUT2D eigenvalue weighted by atomic mass is 35.5. The summed E-state index contributed by atoms with van der Waals surface area (Å²) in [6.45, 7) is 0. The lowest BCUT2D eigenvalue weighted by molar-refractivity contribution is 1.34. The van der Waals surface area contributed by atoms with Crippen molar-refractivity contribution in [3.63, 3.8) is 0 Å². The van der Waals surface area contributed by atoms with Gasteiger partial charge in [-0.1, -0.05) is 23.2 Å². The third kappa shape index (κ3) is 1.69. The van der Waals surface area contributed by atoms with E-state index in [2.05, 4.69) is 4.98 Å². The van der Waals surface area contributed by atoms with Crippen LogP contribution in [0.5, 0.6) is 0 Å². The van der Waals surface area contributed by atoms with Gasteiger partial charge in [-0.2, -0.15) is 0 Å². The Kier molecular flexibility index (Phi) is 3.33. The normalized spacial score (nSPS) is 8.60. The fourth-order valence-electron chi connectivity index (χ4n) is 0.411. The van der Waals surface area contributed by atoms with Gasteiger partial charge >= 0.3 is 0 Å². The molecule has 4 heteroatoms. The second kappa shape index (κ2) is 3.54. The molecule has 0 saturated heterocycles. The number of aromatic nitrogens is 1. The van der Waals surface area contributed by atoms with Gasteiger partial charge in [0, 0.05) is 29.9 Å². The first-order valence-corrected chi connectivity index (χ1v) is 2.98. The van der Waals surface area contributed by atoms with Crippen LogP contribution in [-0.2, 0) is 0 Å². The van der Waals surface area contributed by atoms with E-state index in [0.717, 1.165) is 0 Å². The molecule has 2 nitrogen and oxygen atoms in total. The molecule has 1 N–H and O–H groups in total. The number of hydrogen-bond acceptors (Lipinski definition) is 1. The summed E-state index contributed by atoms with van der Waals surface area (Å²) in [5.74, 6) is 0. The van der Waals surface area contributed by atoms with E-state index >= 15 is 0 Å². The Labute approximate surface area is 70.0 Å². The van der Waals surface area contributed by atoms with Crippen LogP contribution in [0.4, 0.5) is 5.69 Å². The molecule has 0 fully saturated rings. The lowest BCUT2D eigenvalue weighted by atomic mass is 10.4. The van der Waals surface area contributed by atoms with E-state index in [-0.39, 0.29) is 23.2 Å². The molecular formula is C6H6Cl2N2. The Morgan fingerprint density at radius 1 is 1.20 bits per heavy atom. The van der Waals surface area contributed by atoms with Crippen molar-refractivity contribution in [2.75, 3.05) is 0 Å². The fraction of sp³-hybridized carbons (Fsp3) is 0. The van der Waals surface area contributed by atoms with E-state index in [4.69, 9.17) is 28.9 Å². The van der Waals surface area contributed by atoms with Gasteiger partial charge in [0.1, 0.15) is 0 Å². The lowest BCUT2D eigenvalue weighted by Crippen LogP contribution is -1.71. The highest BCUT2D eigenvalue weighted by Crippen LogP contribution is 2.29. The van der Waals surface area contributed by atoms with Crippen LogP contribution in [0, 0.1) is 7.43 Å². The number of halogens is 2. The zero-order chi connectivity index (χ0) is 6.85. The Balaban J connectivity index is 0.000000810. The van der Waals surface area contributed by atoms with Crippen molar-refractivity contribution in [2.45, 2.75) is 0 Å². The molecular weight excluding hydrogens is 171 g/mol. The quantitative estimate of drug-likeness (QED) is 0.558. The van der Waals surface area contributed by atoms with Crippen molar-refractivity contribution < 1.29 is 0 Å². The molecule has 0 amide bonds. The maximum absolute atomic E-state index is 7.14. The number of rotatable bonds is 0. The zero-order valence-electron chi connectivity index (χ0n) is 5.36. The van der Waals surface area contributed by atoms with Gasteiger partial charge in [0.2, 0.25) is 0 Å². The van der Waals surface area contributed by atoms with Crippen LogP contribution < -0.4 is 0 Å². The molecule has 0 unspecified atom stereocenters. The van der Waals surface area contributed by atoms with Crippen molar-refractivity contribution in [3.8, 4) is 0 Å². The van der Waals surface area contributed by atoms with E-state index < -0.39 is 0 Å². The zero-order valence-corrected chi connectivity index (χ0v) is 6.87. The van der Waals surface area contributed by atoms with Crippen molar-refractivity contribution in [1.82, 2.24) is 4.98 Å². The van der Waals surface area contributed by atoms with E-state index in [0.29, 0.717) is 0 Å². The molecule has 0 aliphatic rings. The predicted octanol–water partition coefficient (Wildman–Crippen LogP) is 3.52. The molecule has 0 bridgehead atoms. The van der Waals surface area contributed by atoms with Gasteiger partial charge in [-0.3, -0.25) is 4.98 Å². The summed E-state index contributed by atoms with van der Waals surface area (Å²) >= 11 is 11.0. The van der Waals surface area contributed by atoms with Crippen LogP contribution in [0.2, 0.25) is 10.0 Å². The molecule has 0 aromatic carbocycles. The first-order valence-electron chi connectivity index (χ1n) is 2.22. The topological polar surface area (TPSA) is 36.7 Å². The molecule has 1 rings (SSSR count). The fourth-order valence-corrected chi connectivity index (χ4v) is 0.776. The van der Waals surface area contributed by atoms with Gasteiger partial charge in [0.15, 0.2) is 0 Å². The Morgan fingerprint density at radius 2 is 1.60 bits per heavy atom. The molecule has 0 spiro atoms. The van der Waals surface area contributed by atoms with E-state index in [1.165, 1.54) is 12.4 Å². The number of hydrogen-bond donors (Lipinski definition) is 0. The second-order valence-electron chi connectivity index (χ2n) is 1.48. The Hall–Kier alpha value is -0.600. The van der Waals surface area contributed by atoms with Gasteiger partial charge in [0.05, 0.1) is 0 Å². The van der Waals surface area contributed by atoms with Gasteiger partial charge in [-0.05, 0) is 0 Å². The largest absolute Gasteiger partial charge is 0.696 e. The number of pyridine rings is 1. The Bertz CT molecular complexity index is 205. The third-order valence-electron chi connectivity index (χ3n) is 0.853. The lowest BCUT2D eigenvalue weighted by Gasteiger charge is -2.05. The number of nitrogens with zero attached hydrogens (tertiary/aromatic N) is 1. The molecule has 54 valence electrons. The van der Waals surface area contributed by atoms with E-state index in [1.54, 1.807) is 0 Å². The summed E-state index contributed by atoms with van der Waals surface area (Å²) in [5, 5.41) is 0.560. The average Bonchev–Trinajstić information content (AvgIpc) is 1.83. The summed E-state index contributed by atoms with van der Waals surface area (Å²) in [4.78, 5) is 3.66. The van der Waals surface area contributed by atoms with Gasteiger partial charge < -0.3 is 5.73 Å². The minimum atomic E-state index is 0. The predicted molar refractivity (Wildman–Crippen MR) is 44.7 cm³/mol. The van der Waals surface area contributed by atoms with Crippen LogP contribution in [0.25, 0.3) is 5.73 Å². The second-order valence-corrected chi connectivity index (χ2v) is 2.29. The van der Waals surface area contributed by atoms with Crippen molar-refractivity contribution in [1.29, 1.82) is 0 Å². The summed E-state index contributed by atoms with van der Waals surface area (Å²) in [7, 11) is 0. The molecule has 1 aromatic heterocycles.